The Kier molecular flexibility index (Phi) is 8.16. The van der Waals surface area contributed by atoms with Gasteiger partial charge in [0.15, 0.2) is 0 Å². The predicted molar refractivity (Wildman–Crippen MR) is 147 cm³/mol. The number of sulfonamides is 1. The molecule has 4 rings (SSSR count). The van der Waals surface area contributed by atoms with Crippen LogP contribution in [0.15, 0.2) is 64.9 Å². The molecule has 2 amide bonds. The summed E-state index contributed by atoms with van der Waals surface area (Å²) >= 11 is 1.70. The molecule has 7 nitrogen and oxygen atoms in total. The lowest BCUT2D eigenvalue weighted by molar-refractivity contribution is -0.133. The lowest BCUT2D eigenvalue weighted by atomic mass is 9.90. The van der Waals surface area contributed by atoms with Crippen LogP contribution in [-0.2, 0) is 26.0 Å². The van der Waals surface area contributed by atoms with Crippen molar-refractivity contribution in [3.8, 4) is 0 Å². The number of amides is 2. The Bertz CT molecular complexity index is 1380. The Morgan fingerprint density at radius 2 is 1.78 bits per heavy atom. The number of nitrogens with one attached hydrogen (secondary N) is 1. The molecule has 0 saturated carbocycles. The van der Waals surface area contributed by atoms with Crippen molar-refractivity contribution >= 4 is 38.9 Å². The molecule has 1 atom stereocenters. The first-order chi connectivity index (χ1) is 17.6. The molecule has 1 N–H and O–H groups in total. The van der Waals surface area contributed by atoms with Crippen molar-refractivity contribution < 1.29 is 18.0 Å². The van der Waals surface area contributed by atoms with Crippen molar-refractivity contribution in [3.05, 3.63) is 81.5 Å². The summed E-state index contributed by atoms with van der Waals surface area (Å²) in [4.78, 5) is 28.4. The fourth-order valence-corrected chi connectivity index (χ4v) is 7.23. The minimum atomic E-state index is -3.94. The molecule has 1 aromatic heterocycles. The molecular formula is C28H33N3O4S2. The van der Waals surface area contributed by atoms with E-state index in [2.05, 4.69) is 16.8 Å². The fourth-order valence-electron chi connectivity index (χ4n) is 4.77. The first-order valence-corrected chi connectivity index (χ1v) is 14.7. The largest absolute Gasteiger partial charge is 0.330 e. The van der Waals surface area contributed by atoms with E-state index in [0.29, 0.717) is 12.2 Å². The summed E-state index contributed by atoms with van der Waals surface area (Å²) in [6.07, 6.45) is 0.753. The van der Waals surface area contributed by atoms with Crippen molar-refractivity contribution in [3.63, 3.8) is 0 Å². The molecule has 3 aromatic rings. The number of aryl methyl sites for hydroxylation is 1. The van der Waals surface area contributed by atoms with E-state index < -0.39 is 10.0 Å². The number of carbonyl (C=O) groups excluding carboxylic acids is 2. The van der Waals surface area contributed by atoms with Crippen LogP contribution in [0, 0.1) is 12.8 Å². The van der Waals surface area contributed by atoms with Gasteiger partial charge in [-0.3, -0.25) is 9.59 Å². The standard InChI is InChI=1S/C28H33N3O4S2/c1-19(2)17-30(37(34,35)23-11-9-22(10-12-23)29-21(4)32)18-27(33)31-15-13-26-25(14-16-36-26)28(31)24-8-6-5-7-20(24)3/h5-12,14,16,19,28H,13,15,17-18H2,1-4H3,(H,29,32). The predicted octanol–water partition coefficient (Wildman–Crippen LogP) is 4.84. The van der Waals surface area contributed by atoms with Crippen LogP contribution in [0.2, 0.25) is 0 Å². The maximum absolute atomic E-state index is 13.8. The average Bonchev–Trinajstić information content (AvgIpc) is 3.32. The van der Waals surface area contributed by atoms with Crippen LogP contribution in [0.3, 0.4) is 0 Å². The maximum atomic E-state index is 13.8. The van der Waals surface area contributed by atoms with E-state index in [0.717, 1.165) is 23.1 Å². The van der Waals surface area contributed by atoms with Gasteiger partial charge in [-0.25, -0.2) is 8.42 Å². The van der Waals surface area contributed by atoms with Crippen LogP contribution < -0.4 is 5.32 Å². The number of carbonyl (C=O) groups is 2. The third-order valence-corrected chi connectivity index (χ3v) is 9.28. The molecular weight excluding hydrogens is 506 g/mol. The zero-order chi connectivity index (χ0) is 26.7. The quantitative estimate of drug-likeness (QED) is 0.444. The number of rotatable bonds is 8. The van der Waals surface area contributed by atoms with E-state index >= 15 is 0 Å². The summed E-state index contributed by atoms with van der Waals surface area (Å²) < 4.78 is 28.6. The summed E-state index contributed by atoms with van der Waals surface area (Å²) in [5.74, 6) is -0.427. The molecule has 0 saturated heterocycles. The first kappa shape index (κ1) is 27.0. The van der Waals surface area contributed by atoms with E-state index in [1.807, 2.05) is 49.9 Å². The van der Waals surface area contributed by atoms with E-state index in [-0.39, 0.29) is 41.8 Å². The highest BCUT2D eigenvalue weighted by molar-refractivity contribution is 7.89. The molecule has 196 valence electrons. The highest BCUT2D eigenvalue weighted by Gasteiger charge is 2.36. The molecule has 0 radical (unpaired) electrons. The summed E-state index contributed by atoms with van der Waals surface area (Å²) in [6.45, 7) is 7.81. The van der Waals surface area contributed by atoms with Crippen molar-refractivity contribution in [1.29, 1.82) is 0 Å². The van der Waals surface area contributed by atoms with Gasteiger partial charge in [0, 0.05) is 30.6 Å². The molecule has 1 aliphatic rings. The molecule has 9 heteroatoms. The van der Waals surface area contributed by atoms with E-state index in [4.69, 9.17) is 0 Å². The number of fused-ring (bicyclic) bond motifs is 1. The summed E-state index contributed by atoms with van der Waals surface area (Å²) in [5, 5.41) is 4.70. The van der Waals surface area contributed by atoms with Gasteiger partial charge in [-0.2, -0.15) is 4.31 Å². The van der Waals surface area contributed by atoms with Gasteiger partial charge in [0.05, 0.1) is 17.5 Å². The van der Waals surface area contributed by atoms with Crippen LogP contribution in [0.25, 0.3) is 0 Å². The number of thiophene rings is 1. The first-order valence-electron chi connectivity index (χ1n) is 12.4. The monoisotopic (exact) mass is 539 g/mol. The van der Waals surface area contributed by atoms with Gasteiger partial charge >= 0.3 is 0 Å². The van der Waals surface area contributed by atoms with Crippen LogP contribution in [0.4, 0.5) is 5.69 Å². The minimum absolute atomic E-state index is 0.0261. The van der Waals surface area contributed by atoms with Gasteiger partial charge in [0.1, 0.15) is 0 Å². The van der Waals surface area contributed by atoms with Crippen LogP contribution in [0.1, 0.15) is 48.4 Å². The molecule has 37 heavy (non-hydrogen) atoms. The molecule has 0 spiro atoms. The molecule has 2 heterocycles. The SMILES string of the molecule is CC(=O)Nc1ccc(S(=O)(=O)N(CC(=O)N2CCc3sccc3C2c2ccccc2C)CC(C)C)cc1. The fraction of sp³-hybridized carbons (Fsp3) is 0.357. The second kappa shape index (κ2) is 11.2. The van der Waals surface area contributed by atoms with Gasteiger partial charge in [0.2, 0.25) is 21.8 Å². The Morgan fingerprint density at radius 3 is 2.43 bits per heavy atom. The number of hydrogen-bond acceptors (Lipinski definition) is 5. The average molecular weight is 540 g/mol. The lowest BCUT2D eigenvalue weighted by Gasteiger charge is -2.38. The Morgan fingerprint density at radius 1 is 1.08 bits per heavy atom. The zero-order valence-electron chi connectivity index (χ0n) is 21.6. The highest BCUT2D eigenvalue weighted by atomic mass is 32.2. The summed E-state index contributed by atoms with van der Waals surface area (Å²) in [6, 6.07) is 15.9. The Labute approximate surface area is 223 Å². The highest BCUT2D eigenvalue weighted by Crippen LogP contribution is 2.39. The van der Waals surface area contributed by atoms with Crippen LogP contribution >= 0.6 is 11.3 Å². The molecule has 2 aromatic carbocycles. The van der Waals surface area contributed by atoms with Crippen LogP contribution in [-0.4, -0.2) is 49.1 Å². The van der Waals surface area contributed by atoms with E-state index in [9.17, 15) is 18.0 Å². The summed E-state index contributed by atoms with van der Waals surface area (Å²) in [7, 11) is -3.94. The molecule has 0 bridgehead atoms. The van der Waals surface area contributed by atoms with E-state index in [1.165, 1.54) is 28.2 Å². The second-order valence-electron chi connectivity index (χ2n) is 9.79. The molecule has 1 unspecified atom stereocenters. The minimum Gasteiger partial charge on any atom is -0.330 e. The normalized spacial score (nSPS) is 15.6. The summed E-state index contributed by atoms with van der Waals surface area (Å²) in [5.41, 5.74) is 3.78. The van der Waals surface area contributed by atoms with E-state index in [1.54, 1.807) is 23.5 Å². The topological polar surface area (TPSA) is 86.8 Å². The molecule has 0 aliphatic carbocycles. The third-order valence-electron chi connectivity index (χ3n) is 6.46. The zero-order valence-corrected chi connectivity index (χ0v) is 23.2. The second-order valence-corrected chi connectivity index (χ2v) is 12.7. The Hall–Kier alpha value is -3.01. The van der Waals surface area contributed by atoms with Gasteiger partial charge in [-0.15, -0.1) is 11.3 Å². The molecule has 0 fully saturated rings. The maximum Gasteiger partial charge on any atom is 0.243 e. The smallest absolute Gasteiger partial charge is 0.243 e. The van der Waals surface area contributed by atoms with Gasteiger partial charge in [-0.1, -0.05) is 38.1 Å². The van der Waals surface area contributed by atoms with Crippen molar-refractivity contribution in [2.24, 2.45) is 5.92 Å². The Balaban J connectivity index is 1.64. The number of hydrogen-bond donors (Lipinski definition) is 1. The van der Waals surface area contributed by atoms with Crippen LogP contribution in [0.5, 0.6) is 0 Å². The van der Waals surface area contributed by atoms with Gasteiger partial charge < -0.3 is 10.2 Å². The number of anilines is 1. The molecule has 1 aliphatic heterocycles. The third kappa shape index (κ3) is 5.95. The van der Waals surface area contributed by atoms with Gasteiger partial charge in [0.25, 0.3) is 0 Å². The lowest BCUT2D eigenvalue weighted by Crippen LogP contribution is -2.47. The van der Waals surface area contributed by atoms with Crippen molar-refractivity contribution in [2.45, 2.75) is 45.1 Å². The van der Waals surface area contributed by atoms with Crippen molar-refractivity contribution in [2.75, 3.05) is 25.0 Å². The van der Waals surface area contributed by atoms with Gasteiger partial charge in [-0.05, 0) is 71.7 Å². The number of benzene rings is 2. The number of nitrogens with zero attached hydrogens (tertiary/aromatic N) is 2. The van der Waals surface area contributed by atoms with Crippen molar-refractivity contribution in [1.82, 2.24) is 9.21 Å².